The zero-order valence-electron chi connectivity index (χ0n) is 24.4. The van der Waals surface area contributed by atoms with Crippen LogP contribution in [0, 0.1) is 6.92 Å². The van der Waals surface area contributed by atoms with E-state index >= 15 is 0 Å². The summed E-state index contributed by atoms with van der Waals surface area (Å²) in [5, 5.41) is -0.0336. The first-order chi connectivity index (χ1) is 19.7. The second kappa shape index (κ2) is 13.7. The number of quaternary nitrogens is 1. The average Bonchev–Trinajstić information content (AvgIpc) is 3.02. The van der Waals surface area contributed by atoms with Gasteiger partial charge in [0.25, 0.3) is 0 Å². The van der Waals surface area contributed by atoms with Crippen LogP contribution in [0.3, 0.4) is 0 Å². The molecule has 0 radical (unpaired) electrons. The molecule has 0 N–H and O–H groups in total. The van der Waals surface area contributed by atoms with Crippen LogP contribution in [-0.2, 0) is 12.0 Å². The topological polar surface area (TPSA) is 26.3 Å². The molecular formula is C36H40Cl2NO2+. The number of Topliss-reactive ketones (excluding diaryl/α,β-unsaturated/α-hetero) is 1. The summed E-state index contributed by atoms with van der Waals surface area (Å²) >= 11 is 13.2. The third-order valence-electron chi connectivity index (χ3n) is 8.54. The molecule has 2 unspecified atom stereocenters. The van der Waals surface area contributed by atoms with Crippen molar-refractivity contribution in [3.05, 3.63) is 136 Å². The van der Waals surface area contributed by atoms with Gasteiger partial charge in [-0.05, 0) is 62.6 Å². The number of halogens is 2. The van der Waals surface area contributed by atoms with Gasteiger partial charge in [-0.2, -0.15) is 0 Å². The fraction of sp³-hybridized carbons (Fsp3) is 0.306. The second-order valence-corrected chi connectivity index (χ2v) is 11.8. The van der Waals surface area contributed by atoms with Gasteiger partial charge in [-0.25, -0.2) is 0 Å². The molecule has 0 saturated heterocycles. The Morgan fingerprint density at radius 2 is 1.46 bits per heavy atom. The standard InChI is InChI=1S/C36H40Cl2NO2/c1-5-39(6-2,26-28-17-20-32(37)21-18-28)23-24-41-33-22-19-31(25-27(33)3)36(4,30-15-11-8-12-16-30)35(38)34(40)29-13-9-7-10-14-29/h7-22,25,35H,5-6,23-24,26H2,1-4H3/q+1. The van der Waals surface area contributed by atoms with Crippen LogP contribution in [0.4, 0.5) is 0 Å². The van der Waals surface area contributed by atoms with Crippen molar-refractivity contribution < 1.29 is 14.0 Å². The molecule has 5 heteroatoms. The highest BCUT2D eigenvalue weighted by Gasteiger charge is 2.41. The number of aryl methyl sites for hydroxylation is 1. The van der Waals surface area contributed by atoms with Crippen LogP contribution < -0.4 is 4.74 Å². The molecule has 0 fully saturated rings. The molecule has 214 valence electrons. The van der Waals surface area contributed by atoms with Crippen molar-refractivity contribution in [1.82, 2.24) is 0 Å². The van der Waals surface area contributed by atoms with Crippen molar-refractivity contribution in [1.29, 1.82) is 0 Å². The lowest BCUT2D eigenvalue weighted by molar-refractivity contribution is -0.937. The summed E-state index contributed by atoms with van der Waals surface area (Å²) in [6, 6.07) is 33.7. The van der Waals surface area contributed by atoms with Gasteiger partial charge < -0.3 is 9.22 Å². The highest BCUT2D eigenvalue weighted by Crippen LogP contribution is 2.41. The minimum atomic E-state index is -0.793. The normalized spacial score (nSPS) is 13.8. The van der Waals surface area contributed by atoms with Crippen LogP contribution in [-0.4, -0.2) is 41.9 Å². The van der Waals surface area contributed by atoms with Crippen LogP contribution in [0.1, 0.15) is 53.4 Å². The maximum Gasteiger partial charge on any atom is 0.181 e. The molecule has 0 spiro atoms. The Hall–Kier alpha value is -3.11. The fourth-order valence-electron chi connectivity index (χ4n) is 5.56. The molecule has 0 aliphatic heterocycles. The first kappa shape index (κ1) is 30.8. The summed E-state index contributed by atoms with van der Waals surface area (Å²) in [6.07, 6.45) is 0. The number of hydrogen-bond donors (Lipinski definition) is 0. The van der Waals surface area contributed by atoms with Gasteiger partial charge in [-0.1, -0.05) is 96.5 Å². The van der Waals surface area contributed by atoms with E-state index in [2.05, 4.69) is 52.0 Å². The number of alkyl halides is 1. The SMILES string of the molecule is CC[N+](CC)(CCOc1ccc(C(C)(c2ccccc2)C(Cl)C(=O)c2ccccc2)cc1C)Cc1ccc(Cl)cc1. The van der Waals surface area contributed by atoms with Gasteiger partial charge in [0.1, 0.15) is 30.8 Å². The van der Waals surface area contributed by atoms with Crippen LogP contribution in [0.15, 0.2) is 103 Å². The predicted octanol–water partition coefficient (Wildman–Crippen LogP) is 8.88. The number of ketones is 1. The Balaban J connectivity index is 1.55. The number of hydrogen-bond acceptors (Lipinski definition) is 2. The molecule has 0 saturated carbocycles. The van der Waals surface area contributed by atoms with Crippen molar-refractivity contribution in [2.45, 2.75) is 45.0 Å². The van der Waals surface area contributed by atoms with E-state index in [1.54, 1.807) is 0 Å². The Kier molecular flexibility index (Phi) is 10.3. The summed E-state index contributed by atoms with van der Waals surface area (Å²) in [5.41, 5.74) is 4.14. The smallest absolute Gasteiger partial charge is 0.181 e. The van der Waals surface area contributed by atoms with Gasteiger partial charge in [0.2, 0.25) is 0 Å². The molecule has 4 rings (SSSR count). The Bertz CT molecular complexity index is 1420. The van der Waals surface area contributed by atoms with Gasteiger partial charge in [0.15, 0.2) is 5.78 Å². The molecule has 0 amide bonds. The van der Waals surface area contributed by atoms with Crippen molar-refractivity contribution in [2.75, 3.05) is 26.2 Å². The van der Waals surface area contributed by atoms with E-state index in [9.17, 15) is 4.79 Å². The van der Waals surface area contributed by atoms with E-state index in [1.807, 2.05) is 78.9 Å². The number of nitrogens with zero attached hydrogens (tertiary/aromatic N) is 1. The van der Waals surface area contributed by atoms with Gasteiger partial charge in [0, 0.05) is 21.6 Å². The minimum absolute atomic E-state index is 0.0921. The lowest BCUT2D eigenvalue weighted by Crippen LogP contribution is -2.49. The van der Waals surface area contributed by atoms with Crippen molar-refractivity contribution in [3.63, 3.8) is 0 Å². The number of carbonyl (C=O) groups is 1. The van der Waals surface area contributed by atoms with Crippen LogP contribution in [0.25, 0.3) is 0 Å². The average molecular weight is 590 g/mol. The van der Waals surface area contributed by atoms with Crippen molar-refractivity contribution >= 4 is 29.0 Å². The Morgan fingerprint density at radius 3 is 2.05 bits per heavy atom. The lowest BCUT2D eigenvalue weighted by atomic mass is 9.71. The summed E-state index contributed by atoms with van der Waals surface area (Å²) in [4.78, 5) is 13.6. The molecule has 41 heavy (non-hydrogen) atoms. The van der Waals surface area contributed by atoms with Gasteiger partial charge in [0.05, 0.1) is 13.1 Å². The molecule has 4 aromatic rings. The third-order valence-corrected chi connectivity index (χ3v) is 9.43. The van der Waals surface area contributed by atoms with Gasteiger partial charge in [-0.15, -0.1) is 11.6 Å². The molecule has 0 heterocycles. The number of ether oxygens (including phenoxy) is 1. The molecule has 0 aliphatic rings. The van der Waals surface area contributed by atoms with E-state index in [0.29, 0.717) is 12.2 Å². The number of likely N-dealkylation sites (N-methyl/N-ethyl adjacent to an activating group) is 1. The Morgan fingerprint density at radius 1 is 0.854 bits per heavy atom. The molecule has 4 aromatic carbocycles. The largest absolute Gasteiger partial charge is 0.487 e. The van der Waals surface area contributed by atoms with Crippen molar-refractivity contribution in [2.24, 2.45) is 0 Å². The third kappa shape index (κ3) is 7.04. The zero-order chi connectivity index (χ0) is 29.5. The molecule has 3 nitrogen and oxygen atoms in total. The zero-order valence-corrected chi connectivity index (χ0v) is 26.0. The fourth-order valence-corrected chi connectivity index (χ4v) is 6.06. The predicted molar refractivity (Wildman–Crippen MR) is 171 cm³/mol. The van der Waals surface area contributed by atoms with Crippen molar-refractivity contribution in [3.8, 4) is 5.75 Å². The lowest BCUT2D eigenvalue weighted by Gasteiger charge is -2.37. The van der Waals surface area contributed by atoms with Gasteiger partial charge in [-0.3, -0.25) is 4.79 Å². The first-order valence-corrected chi connectivity index (χ1v) is 15.2. The summed E-state index contributed by atoms with van der Waals surface area (Å²) < 4.78 is 7.30. The summed E-state index contributed by atoms with van der Waals surface area (Å²) in [5.74, 6) is 0.756. The monoisotopic (exact) mass is 588 g/mol. The van der Waals surface area contributed by atoms with E-state index in [-0.39, 0.29) is 5.78 Å². The van der Waals surface area contributed by atoms with Crippen LogP contribution >= 0.6 is 23.2 Å². The summed E-state index contributed by atoms with van der Waals surface area (Å²) in [6.45, 7) is 13.1. The highest BCUT2D eigenvalue weighted by atomic mass is 35.5. The first-order valence-electron chi connectivity index (χ1n) is 14.3. The molecule has 0 aliphatic carbocycles. The highest BCUT2D eigenvalue weighted by molar-refractivity contribution is 6.35. The number of carbonyl (C=O) groups excluding carboxylic acids is 1. The van der Waals surface area contributed by atoms with Crippen LogP contribution in [0.5, 0.6) is 5.75 Å². The van der Waals surface area contributed by atoms with E-state index in [4.69, 9.17) is 27.9 Å². The maximum atomic E-state index is 13.6. The van der Waals surface area contributed by atoms with E-state index < -0.39 is 10.8 Å². The van der Waals surface area contributed by atoms with Crippen LogP contribution in [0.2, 0.25) is 5.02 Å². The second-order valence-electron chi connectivity index (χ2n) is 11.0. The minimum Gasteiger partial charge on any atom is -0.487 e. The number of rotatable bonds is 13. The molecule has 2 atom stereocenters. The molecule has 0 bridgehead atoms. The number of benzene rings is 4. The molecule has 0 aromatic heterocycles. The molecular weight excluding hydrogens is 549 g/mol. The van der Waals surface area contributed by atoms with E-state index in [1.165, 1.54) is 5.56 Å². The van der Waals surface area contributed by atoms with E-state index in [0.717, 1.165) is 58.1 Å². The quantitative estimate of drug-likeness (QED) is 0.0885. The van der Waals surface area contributed by atoms with Gasteiger partial charge >= 0.3 is 0 Å². The summed E-state index contributed by atoms with van der Waals surface area (Å²) in [7, 11) is 0. The maximum absolute atomic E-state index is 13.6. The Labute approximate surface area is 255 Å².